The van der Waals surface area contributed by atoms with Gasteiger partial charge in [-0.05, 0) is 55.0 Å². The molecule has 2 N–H and O–H groups in total. The van der Waals surface area contributed by atoms with E-state index in [0.717, 1.165) is 0 Å². The lowest BCUT2D eigenvalue weighted by molar-refractivity contribution is -0.132. The summed E-state index contributed by atoms with van der Waals surface area (Å²) >= 11 is 12.5. The molecule has 1 aliphatic heterocycles. The third-order valence-electron chi connectivity index (χ3n) is 5.57. The van der Waals surface area contributed by atoms with Gasteiger partial charge in [0.05, 0.1) is 35.4 Å². The Morgan fingerprint density at radius 2 is 1.77 bits per heavy atom. The van der Waals surface area contributed by atoms with Crippen LogP contribution in [0.4, 0.5) is 5.69 Å². The van der Waals surface area contributed by atoms with Crippen molar-refractivity contribution in [1.29, 1.82) is 0 Å². The molecule has 4 rings (SSSR count). The Labute approximate surface area is 211 Å². The van der Waals surface area contributed by atoms with E-state index in [1.807, 2.05) is 6.92 Å². The molecule has 1 heterocycles. The summed E-state index contributed by atoms with van der Waals surface area (Å²) < 4.78 is 10.8. The number of carbonyl (C=O) groups excluding carboxylic acids is 2. The zero-order chi connectivity index (χ0) is 25.3. The number of ether oxygens (including phenoxy) is 2. The van der Waals surface area contributed by atoms with Gasteiger partial charge in [0.1, 0.15) is 23.0 Å². The van der Waals surface area contributed by atoms with Crippen molar-refractivity contribution in [3.8, 4) is 17.2 Å². The first-order valence-corrected chi connectivity index (χ1v) is 11.4. The van der Waals surface area contributed by atoms with E-state index in [1.165, 1.54) is 42.3 Å². The van der Waals surface area contributed by atoms with Crippen molar-refractivity contribution < 1.29 is 29.3 Å². The molecule has 7 nitrogen and oxygen atoms in total. The standard InChI is InChI=1S/C26H21Cl2NO6/c1-3-35-17-8-9-19(27)18(13-17)24(31)22-23(14-7-10-21(30)20(28)11-14)29(26(33)25(22)32)15-5-4-6-16(12-15)34-2/h4-13,23,30-31H,3H2,1-2H3/b24-22+. The number of nitrogens with zero attached hydrogens (tertiary/aromatic N) is 1. The van der Waals surface area contributed by atoms with Crippen LogP contribution in [0.25, 0.3) is 5.76 Å². The van der Waals surface area contributed by atoms with Crippen LogP contribution in [0.1, 0.15) is 24.1 Å². The molecule has 1 unspecified atom stereocenters. The monoisotopic (exact) mass is 513 g/mol. The number of aliphatic hydroxyl groups is 1. The first kappa shape index (κ1) is 24.4. The largest absolute Gasteiger partial charge is 0.507 e. The molecule has 35 heavy (non-hydrogen) atoms. The highest BCUT2D eigenvalue weighted by molar-refractivity contribution is 6.52. The Balaban J connectivity index is 1.98. The number of benzene rings is 3. The van der Waals surface area contributed by atoms with Crippen LogP contribution in [-0.4, -0.2) is 35.6 Å². The van der Waals surface area contributed by atoms with Crippen LogP contribution in [0.2, 0.25) is 10.0 Å². The maximum absolute atomic E-state index is 13.3. The first-order valence-electron chi connectivity index (χ1n) is 10.6. The number of aliphatic hydroxyl groups excluding tert-OH is 1. The first-order chi connectivity index (χ1) is 16.8. The number of hydrogen-bond donors (Lipinski definition) is 2. The van der Waals surface area contributed by atoms with Gasteiger partial charge in [-0.2, -0.15) is 0 Å². The highest BCUT2D eigenvalue weighted by atomic mass is 35.5. The van der Waals surface area contributed by atoms with Crippen molar-refractivity contribution in [2.75, 3.05) is 18.6 Å². The molecule has 3 aromatic rings. The lowest BCUT2D eigenvalue weighted by Crippen LogP contribution is -2.29. The van der Waals surface area contributed by atoms with E-state index in [0.29, 0.717) is 29.4 Å². The van der Waals surface area contributed by atoms with Gasteiger partial charge in [-0.1, -0.05) is 35.3 Å². The molecule has 1 saturated heterocycles. The van der Waals surface area contributed by atoms with Crippen LogP contribution in [0.3, 0.4) is 0 Å². The summed E-state index contributed by atoms with van der Waals surface area (Å²) in [5.41, 5.74) is 0.716. The predicted molar refractivity (Wildman–Crippen MR) is 134 cm³/mol. The third kappa shape index (κ3) is 4.52. The zero-order valence-corrected chi connectivity index (χ0v) is 20.3. The van der Waals surface area contributed by atoms with Crippen molar-refractivity contribution in [1.82, 2.24) is 0 Å². The van der Waals surface area contributed by atoms with Gasteiger partial charge in [-0.15, -0.1) is 0 Å². The van der Waals surface area contributed by atoms with Crippen LogP contribution < -0.4 is 14.4 Å². The number of ketones is 1. The van der Waals surface area contributed by atoms with E-state index < -0.39 is 23.5 Å². The summed E-state index contributed by atoms with van der Waals surface area (Å²) in [5, 5.41) is 21.5. The van der Waals surface area contributed by atoms with Gasteiger partial charge >= 0.3 is 0 Å². The number of phenols is 1. The van der Waals surface area contributed by atoms with Gasteiger partial charge in [0, 0.05) is 17.3 Å². The number of carbonyl (C=O) groups is 2. The van der Waals surface area contributed by atoms with Crippen molar-refractivity contribution in [2.45, 2.75) is 13.0 Å². The number of phenolic OH excluding ortho intramolecular Hbond substituents is 1. The topological polar surface area (TPSA) is 96.3 Å². The summed E-state index contributed by atoms with van der Waals surface area (Å²) in [5.74, 6) is -1.48. The fourth-order valence-corrected chi connectivity index (χ4v) is 4.35. The molecular weight excluding hydrogens is 493 g/mol. The molecule has 0 spiro atoms. The smallest absolute Gasteiger partial charge is 0.300 e. The molecule has 0 radical (unpaired) electrons. The third-order valence-corrected chi connectivity index (χ3v) is 6.20. The van der Waals surface area contributed by atoms with E-state index in [9.17, 15) is 19.8 Å². The maximum atomic E-state index is 13.3. The number of amides is 1. The molecule has 1 amide bonds. The van der Waals surface area contributed by atoms with Crippen LogP contribution >= 0.6 is 23.2 Å². The summed E-state index contributed by atoms with van der Waals surface area (Å²) in [6.45, 7) is 2.19. The average Bonchev–Trinajstić information content (AvgIpc) is 3.12. The van der Waals surface area contributed by atoms with Gasteiger partial charge in [0.15, 0.2) is 0 Å². The van der Waals surface area contributed by atoms with Gasteiger partial charge < -0.3 is 19.7 Å². The minimum Gasteiger partial charge on any atom is -0.507 e. The molecule has 1 atom stereocenters. The molecule has 1 fully saturated rings. The second kappa shape index (κ2) is 9.90. The normalized spacial score (nSPS) is 17.0. The number of Topliss-reactive ketones (excluding diaryl/α,β-unsaturated/α-hetero) is 1. The molecule has 0 bridgehead atoms. The van der Waals surface area contributed by atoms with Crippen LogP contribution in [0, 0.1) is 0 Å². The van der Waals surface area contributed by atoms with E-state index in [2.05, 4.69) is 0 Å². The van der Waals surface area contributed by atoms with Gasteiger partial charge in [-0.25, -0.2) is 0 Å². The number of hydrogen-bond acceptors (Lipinski definition) is 6. The molecule has 9 heteroatoms. The zero-order valence-electron chi connectivity index (χ0n) is 18.8. The number of aromatic hydroxyl groups is 1. The molecule has 0 saturated carbocycles. The van der Waals surface area contributed by atoms with Crippen molar-refractivity contribution in [2.24, 2.45) is 0 Å². The van der Waals surface area contributed by atoms with Crippen LogP contribution in [0.5, 0.6) is 17.2 Å². The number of halogens is 2. The quantitative estimate of drug-likeness (QED) is 0.248. The van der Waals surface area contributed by atoms with Crippen molar-refractivity contribution >= 4 is 46.3 Å². The minimum absolute atomic E-state index is 0.0232. The van der Waals surface area contributed by atoms with Gasteiger partial charge in [0.2, 0.25) is 0 Å². The number of anilines is 1. The SMILES string of the molecule is CCOc1ccc(Cl)c(/C(O)=C2\C(=O)C(=O)N(c3cccc(OC)c3)C2c2ccc(O)c(Cl)c2)c1. The summed E-state index contributed by atoms with van der Waals surface area (Å²) in [6, 6.07) is 14.5. The van der Waals surface area contributed by atoms with Crippen molar-refractivity contribution in [3.05, 3.63) is 87.4 Å². The van der Waals surface area contributed by atoms with Crippen LogP contribution in [0.15, 0.2) is 66.2 Å². The second-order valence-electron chi connectivity index (χ2n) is 7.66. The van der Waals surface area contributed by atoms with E-state index in [1.54, 1.807) is 30.3 Å². The summed E-state index contributed by atoms with van der Waals surface area (Å²) in [7, 11) is 1.48. The minimum atomic E-state index is -1.06. The highest BCUT2D eigenvalue weighted by Crippen LogP contribution is 2.45. The number of methoxy groups -OCH3 is 1. The summed E-state index contributed by atoms with van der Waals surface area (Å²) in [4.78, 5) is 27.9. The lowest BCUT2D eigenvalue weighted by Gasteiger charge is -2.26. The lowest BCUT2D eigenvalue weighted by atomic mass is 9.95. The Morgan fingerprint density at radius 1 is 1.00 bits per heavy atom. The highest BCUT2D eigenvalue weighted by Gasteiger charge is 2.47. The fraction of sp³-hybridized carbons (Fsp3) is 0.154. The molecule has 1 aliphatic rings. The molecular formula is C26H21Cl2NO6. The van der Waals surface area contributed by atoms with Gasteiger partial charge in [-0.3, -0.25) is 14.5 Å². The summed E-state index contributed by atoms with van der Waals surface area (Å²) in [6.07, 6.45) is 0. The Morgan fingerprint density at radius 3 is 2.46 bits per heavy atom. The molecule has 180 valence electrons. The molecule has 0 aliphatic carbocycles. The van der Waals surface area contributed by atoms with Crippen molar-refractivity contribution in [3.63, 3.8) is 0 Å². The molecule has 3 aromatic carbocycles. The Bertz CT molecular complexity index is 1350. The fourth-order valence-electron chi connectivity index (χ4n) is 3.96. The Kier molecular flexibility index (Phi) is 6.91. The average molecular weight is 514 g/mol. The van der Waals surface area contributed by atoms with E-state index in [4.69, 9.17) is 32.7 Å². The molecule has 0 aromatic heterocycles. The maximum Gasteiger partial charge on any atom is 0.300 e. The second-order valence-corrected chi connectivity index (χ2v) is 8.47. The van der Waals surface area contributed by atoms with E-state index in [-0.39, 0.29) is 26.9 Å². The number of rotatable bonds is 6. The van der Waals surface area contributed by atoms with Gasteiger partial charge in [0.25, 0.3) is 11.7 Å². The Hall–Kier alpha value is -3.68. The predicted octanol–water partition coefficient (Wildman–Crippen LogP) is 5.73. The van der Waals surface area contributed by atoms with E-state index >= 15 is 0 Å². The van der Waals surface area contributed by atoms with Crippen LogP contribution in [-0.2, 0) is 9.59 Å².